The highest BCUT2D eigenvalue weighted by atomic mass is 32.1. The van der Waals surface area contributed by atoms with Gasteiger partial charge in [0.1, 0.15) is 10.7 Å². The Bertz CT molecular complexity index is 718. The zero-order valence-corrected chi connectivity index (χ0v) is 13.1. The van der Waals surface area contributed by atoms with Crippen LogP contribution in [0.4, 0.5) is 5.13 Å². The van der Waals surface area contributed by atoms with Crippen LogP contribution >= 0.6 is 11.3 Å². The molecule has 116 valence electrons. The van der Waals surface area contributed by atoms with E-state index in [4.69, 9.17) is 0 Å². The van der Waals surface area contributed by atoms with E-state index in [-0.39, 0.29) is 18.4 Å². The van der Waals surface area contributed by atoms with E-state index >= 15 is 0 Å². The van der Waals surface area contributed by atoms with Gasteiger partial charge in [0.15, 0.2) is 0 Å². The van der Waals surface area contributed by atoms with E-state index in [0.29, 0.717) is 16.7 Å². The van der Waals surface area contributed by atoms with Crippen LogP contribution in [0.15, 0.2) is 6.07 Å². The molecule has 9 heteroatoms. The number of aryl methyl sites for hydroxylation is 2. The third kappa shape index (κ3) is 3.30. The van der Waals surface area contributed by atoms with E-state index in [9.17, 15) is 9.59 Å². The second-order valence-corrected chi connectivity index (χ2v) is 6.25. The summed E-state index contributed by atoms with van der Waals surface area (Å²) >= 11 is 1.39. The third-order valence-electron chi connectivity index (χ3n) is 3.26. The lowest BCUT2D eigenvalue weighted by atomic mass is 10.3. The number of hydrogen-bond donors (Lipinski definition) is 2. The van der Waals surface area contributed by atoms with Gasteiger partial charge in [0.25, 0.3) is 5.91 Å². The monoisotopic (exact) mass is 320 g/mol. The average molecular weight is 320 g/mol. The molecule has 0 atom stereocenters. The first-order valence-corrected chi connectivity index (χ1v) is 7.76. The van der Waals surface area contributed by atoms with Gasteiger partial charge in [0.05, 0.1) is 12.2 Å². The van der Waals surface area contributed by atoms with E-state index in [0.717, 1.165) is 23.5 Å². The molecule has 0 aromatic carbocycles. The van der Waals surface area contributed by atoms with Crippen molar-refractivity contribution in [1.82, 2.24) is 25.3 Å². The zero-order chi connectivity index (χ0) is 15.7. The van der Waals surface area contributed by atoms with E-state index in [1.807, 2.05) is 0 Å². The second-order valence-electron chi connectivity index (χ2n) is 5.25. The highest BCUT2D eigenvalue weighted by molar-refractivity contribution is 7.15. The highest BCUT2D eigenvalue weighted by Gasteiger charge is 2.27. The Kier molecular flexibility index (Phi) is 3.88. The molecule has 0 saturated heterocycles. The molecule has 2 heterocycles. The maximum Gasteiger partial charge on any atom is 0.269 e. The van der Waals surface area contributed by atoms with Crippen molar-refractivity contribution in [3.05, 3.63) is 22.5 Å². The van der Waals surface area contributed by atoms with Crippen LogP contribution in [0.1, 0.15) is 39.9 Å². The topological polar surface area (TPSA) is 102 Å². The number of anilines is 1. The van der Waals surface area contributed by atoms with Crippen molar-refractivity contribution < 1.29 is 9.59 Å². The number of carbonyl (C=O) groups is 2. The minimum Gasteiger partial charge on any atom is -0.342 e. The van der Waals surface area contributed by atoms with Crippen molar-refractivity contribution in [3.8, 4) is 0 Å². The van der Waals surface area contributed by atoms with Gasteiger partial charge >= 0.3 is 0 Å². The summed E-state index contributed by atoms with van der Waals surface area (Å²) < 4.78 is 1.48. The normalized spacial score (nSPS) is 13.9. The lowest BCUT2D eigenvalue weighted by Gasteiger charge is -2.04. The van der Waals surface area contributed by atoms with E-state index < -0.39 is 0 Å². The van der Waals surface area contributed by atoms with Gasteiger partial charge in [-0.2, -0.15) is 5.10 Å². The van der Waals surface area contributed by atoms with Gasteiger partial charge in [-0.05, 0) is 25.8 Å². The summed E-state index contributed by atoms with van der Waals surface area (Å²) in [5.74, 6) is -0.157. The molecule has 0 radical (unpaired) electrons. The molecule has 3 rings (SSSR count). The van der Waals surface area contributed by atoms with Gasteiger partial charge in [-0.1, -0.05) is 11.3 Å². The Hall–Kier alpha value is -2.29. The number of carbonyl (C=O) groups excluding carboxylic acids is 2. The molecule has 0 bridgehead atoms. The van der Waals surface area contributed by atoms with E-state index in [1.165, 1.54) is 16.0 Å². The molecule has 22 heavy (non-hydrogen) atoms. The van der Waals surface area contributed by atoms with Crippen LogP contribution in [-0.2, 0) is 11.8 Å². The molecule has 2 aromatic rings. The fourth-order valence-corrected chi connectivity index (χ4v) is 2.95. The SMILES string of the molecule is Cc1cc(C(=O)NCC(=O)Nc2nnc(C3CC3)s2)n(C)n1. The largest absolute Gasteiger partial charge is 0.342 e. The van der Waals surface area contributed by atoms with Gasteiger partial charge in [0.2, 0.25) is 11.0 Å². The summed E-state index contributed by atoms with van der Waals surface area (Å²) in [5, 5.41) is 18.7. The van der Waals surface area contributed by atoms with Crippen LogP contribution in [0.3, 0.4) is 0 Å². The van der Waals surface area contributed by atoms with Crippen LogP contribution in [0.5, 0.6) is 0 Å². The molecule has 1 fully saturated rings. The van der Waals surface area contributed by atoms with Crippen molar-refractivity contribution in [3.63, 3.8) is 0 Å². The van der Waals surface area contributed by atoms with Crippen LogP contribution in [-0.4, -0.2) is 38.3 Å². The van der Waals surface area contributed by atoms with Crippen molar-refractivity contribution in [1.29, 1.82) is 0 Å². The van der Waals surface area contributed by atoms with Crippen molar-refractivity contribution >= 4 is 28.3 Å². The van der Waals surface area contributed by atoms with Gasteiger partial charge in [-0.3, -0.25) is 19.6 Å². The van der Waals surface area contributed by atoms with Crippen molar-refractivity contribution in [2.24, 2.45) is 7.05 Å². The highest BCUT2D eigenvalue weighted by Crippen LogP contribution is 2.41. The number of nitrogens with one attached hydrogen (secondary N) is 2. The molecule has 1 aliphatic carbocycles. The Balaban J connectivity index is 1.51. The van der Waals surface area contributed by atoms with Crippen LogP contribution in [0, 0.1) is 6.92 Å². The quantitative estimate of drug-likeness (QED) is 0.849. The van der Waals surface area contributed by atoms with E-state index in [2.05, 4.69) is 25.9 Å². The fourth-order valence-electron chi connectivity index (χ4n) is 2.02. The molecule has 2 amide bonds. The third-order valence-corrected chi connectivity index (χ3v) is 4.26. The van der Waals surface area contributed by atoms with Crippen molar-refractivity contribution in [2.45, 2.75) is 25.7 Å². The standard InChI is InChI=1S/C13H16N6O2S/c1-7-5-9(19(2)18-7)11(21)14-6-10(20)15-13-17-16-12(22-13)8-3-4-8/h5,8H,3-4,6H2,1-2H3,(H,14,21)(H,15,17,20). The Morgan fingerprint density at radius 1 is 1.41 bits per heavy atom. The average Bonchev–Trinajstić information content (AvgIpc) is 3.13. The Morgan fingerprint density at radius 2 is 2.18 bits per heavy atom. The zero-order valence-electron chi connectivity index (χ0n) is 12.3. The Labute approximate surface area is 130 Å². The predicted octanol–water partition coefficient (Wildman–Crippen LogP) is 0.826. The van der Waals surface area contributed by atoms with Crippen molar-refractivity contribution in [2.75, 3.05) is 11.9 Å². The minimum absolute atomic E-state index is 0.124. The van der Waals surface area contributed by atoms with Gasteiger partial charge < -0.3 is 5.32 Å². The van der Waals surface area contributed by atoms with Crippen LogP contribution in [0.25, 0.3) is 0 Å². The predicted molar refractivity (Wildman–Crippen MR) is 80.8 cm³/mol. The molecular weight excluding hydrogens is 304 g/mol. The molecule has 1 aliphatic rings. The maximum atomic E-state index is 12.0. The lowest BCUT2D eigenvalue weighted by molar-refractivity contribution is -0.115. The molecule has 2 aromatic heterocycles. The van der Waals surface area contributed by atoms with Gasteiger partial charge in [-0.15, -0.1) is 10.2 Å². The summed E-state index contributed by atoms with van der Waals surface area (Å²) in [6.45, 7) is 1.68. The number of aromatic nitrogens is 4. The molecule has 0 spiro atoms. The maximum absolute atomic E-state index is 12.0. The summed E-state index contributed by atoms with van der Waals surface area (Å²) in [5.41, 5.74) is 1.16. The smallest absolute Gasteiger partial charge is 0.269 e. The summed E-state index contributed by atoms with van der Waals surface area (Å²) in [6.07, 6.45) is 2.28. The summed E-state index contributed by atoms with van der Waals surface area (Å²) in [6, 6.07) is 1.67. The summed E-state index contributed by atoms with van der Waals surface area (Å²) in [4.78, 5) is 23.8. The summed E-state index contributed by atoms with van der Waals surface area (Å²) in [7, 11) is 1.68. The van der Waals surface area contributed by atoms with Crippen LogP contribution in [0.2, 0.25) is 0 Å². The second kappa shape index (κ2) is 5.84. The first-order valence-electron chi connectivity index (χ1n) is 6.95. The fraction of sp³-hybridized carbons (Fsp3) is 0.462. The van der Waals surface area contributed by atoms with Gasteiger partial charge in [-0.25, -0.2) is 0 Å². The molecule has 0 aliphatic heterocycles. The molecule has 8 nitrogen and oxygen atoms in total. The van der Waals surface area contributed by atoms with Gasteiger partial charge in [0, 0.05) is 13.0 Å². The van der Waals surface area contributed by atoms with E-state index in [1.54, 1.807) is 20.0 Å². The number of nitrogens with zero attached hydrogens (tertiary/aromatic N) is 4. The number of hydrogen-bond acceptors (Lipinski definition) is 6. The molecule has 1 saturated carbocycles. The Morgan fingerprint density at radius 3 is 2.82 bits per heavy atom. The first-order chi connectivity index (χ1) is 10.5. The van der Waals surface area contributed by atoms with Crippen LogP contribution < -0.4 is 10.6 Å². The molecule has 2 N–H and O–H groups in total. The molecule has 0 unspecified atom stereocenters. The number of amides is 2. The number of rotatable bonds is 5. The minimum atomic E-state index is -0.339. The first kappa shape index (κ1) is 14.6. The molecular formula is C13H16N6O2S. The lowest BCUT2D eigenvalue weighted by Crippen LogP contribution is -2.33.